The number of methoxy groups -OCH3 is 1. The van der Waals surface area contributed by atoms with Gasteiger partial charge in [0.1, 0.15) is 0 Å². The smallest absolute Gasteiger partial charge is 0.237 e. The Hall–Kier alpha value is -0.680. The molecular formula is C9H15N3OS. The van der Waals surface area contributed by atoms with Crippen LogP contribution in [0.5, 0.6) is 5.88 Å². The van der Waals surface area contributed by atoms with E-state index in [0.29, 0.717) is 6.04 Å². The molecule has 0 amide bonds. The van der Waals surface area contributed by atoms with E-state index in [1.807, 2.05) is 18.7 Å². The predicted octanol–water partition coefficient (Wildman–Crippen LogP) is 1.10. The number of ether oxygens (including phenoxy) is 1. The summed E-state index contributed by atoms with van der Waals surface area (Å²) in [4.78, 5) is 0. The van der Waals surface area contributed by atoms with Crippen molar-refractivity contribution >= 4 is 11.8 Å². The van der Waals surface area contributed by atoms with E-state index in [0.717, 1.165) is 23.9 Å². The Morgan fingerprint density at radius 3 is 3.07 bits per heavy atom. The van der Waals surface area contributed by atoms with E-state index in [4.69, 9.17) is 4.74 Å². The molecule has 5 heteroatoms. The van der Waals surface area contributed by atoms with Crippen LogP contribution >= 0.6 is 11.8 Å². The van der Waals surface area contributed by atoms with Gasteiger partial charge in [0.15, 0.2) is 0 Å². The number of aromatic amines is 1. The molecule has 14 heavy (non-hydrogen) atoms. The van der Waals surface area contributed by atoms with Crippen molar-refractivity contribution in [2.24, 2.45) is 0 Å². The van der Waals surface area contributed by atoms with Gasteiger partial charge in [0.05, 0.1) is 12.7 Å². The lowest BCUT2D eigenvalue weighted by atomic mass is 10.1. The fraction of sp³-hybridized carbons (Fsp3) is 0.667. The standard InChI is InChI=1S/C9H15N3OS/c1-6-8(9(13-2)12-11-6)7-5-14-4-3-10-7/h7,10H,3-5H2,1-2H3,(H,11,12). The highest BCUT2D eigenvalue weighted by molar-refractivity contribution is 7.99. The molecule has 1 aliphatic rings. The minimum absolute atomic E-state index is 0.377. The van der Waals surface area contributed by atoms with Crippen LogP contribution in [-0.2, 0) is 0 Å². The van der Waals surface area contributed by atoms with Crippen LogP contribution in [0.15, 0.2) is 0 Å². The third-order valence-electron chi connectivity index (χ3n) is 2.42. The zero-order valence-corrected chi connectivity index (χ0v) is 9.28. The van der Waals surface area contributed by atoms with Crippen molar-refractivity contribution < 1.29 is 4.74 Å². The lowest BCUT2D eigenvalue weighted by molar-refractivity contribution is 0.386. The predicted molar refractivity (Wildman–Crippen MR) is 57.9 cm³/mol. The molecule has 0 saturated carbocycles. The molecule has 0 bridgehead atoms. The number of aryl methyl sites for hydroxylation is 1. The lowest BCUT2D eigenvalue weighted by Crippen LogP contribution is -2.30. The second kappa shape index (κ2) is 4.23. The van der Waals surface area contributed by atoms with Gasteiger partial charge in [-0.3, -0.25) is 5.10 Å². The SMILES string of the molecule is COc1n[nH]c(C)c1C1CSCCN1. The second-order valence-corrected chi connectivity index (χ2v) is 4.50. The molecule has 0 radical (unpaired) electrons. The van der Waals surface area contributed by atoms with Crippen LogP contribution in [0, 0.1) is 6.92 Å². The van der Waals surface area contributed by atoms with Crippen molar-refractivity contribution in [3.63, 3.8) is 0 Å². The molecule has 1 fully saturated rings. The van der Waals surface area contributed by atoms with Crippen LogP contribution in [0.2, 0.25) is 0 Å². The minimum atomic E-state index is 0.377. The van der Waals surface area contributed by atoms with Crippen molar-refractivity contribution in [3.05, 3.63) is 11.3 Å². The van der Waals surface area contributed by atoms with Gasteiger partial charge >= 0.3 is 0 Å². The number of nitrogens with zero attached hydrogens (tertiary/aromatic N) is 1. The van der Waals surface area contributed by atoms with Crippen LogP contribution in [-0.4, -0.2) is 35.4 Å². The van der Waals surface area contributed by atoms with Crippen LogP contribution < -0.4 is 10.1 Å². The van der Waals surface area contributed by atoms with Gasteiger partial charge in [0.25, 0.3) is 0 Å². The number of H-pyrrole nitrogens is 1. The molecule has 1 aromatic heterocycles. The zero-order chi connectivity index (χ0) is 9.97. The van der Waals surface area contributed by atoms with Crippen LogP contribution in [0.3, 0.4) is 0 Å². The number of nitrogens with one attached hydrogen (secondary N) is 2. The number of thioether (sulfide) groups is 1. The number of hydrogen-bond acceptors (Lipinski definition) is 4. The molecule has 1 saturated heterocycles. The van der Waals surface area contributed by atoms with Gasteiger partial charge in [-0.25, -0.2) is 0 Å². The fourth-order valence-corrected chi connectivity index (χ4v) is 2.68. The van der Waals surface area contributed by atoms with E-state index >= 15 is 0 Å². The summed E-state index contributed by atoms with van der Waals surface area (Å²) in [7, 11) is 1.66. The fourth-order valence-electron chi connectivity index (χ4n) is 1.73. The molecule has 2 heterocycles. The van der Waals surface area contributed by atoms with E-state index in [9.17, 15) is 0 Å². The Morgan fingerprint density at radius 2 is 2.43 bits per heavy atom. The maximum atomic E-state index is 5.23. The summed E-state index contributed by atoms with van der Waals surface area (Å²) in [6, 6.07) is 0.377. The molecule has 78 valence electrons. The highest BCUT2D eigenvalue weighted by Gasteiger charge is 2.23. The van der Waals surface area contributed by atoms with Crippen LogP contribution in [0.4, 0.5) is 0 Å². The van der Waals surface area contributed by atoms with Crippen molar-refractivity contribution in [2.75, 3.05) is 25.2 Å². The molecular weight excluding hydrogens is 198 g/mol. The van der Waals surface area contributed by atoms with Crippen LogP contribution in [0.25, 0.3) is 0 Å². The minimum Gasteiger partial charge on any atom is -0.480 e. The molecule has 2 N–H and O–H groups in total. The highest BCUT2D eigenvalue weighted by atomic mass is 32.2. The van der Waals surface area contributed by atoms with Gasteiger partial charge in [0.2, 0.25) is 5.88 Å². The number of hydrogen-bond donors (Lipinski definition) is 2. The monoisotopic (exact) mass is 213 g/mol. The molecule has 2 rings (SSSR count). The number of rotatable bonds is 2. The first kappa shape index (κ1) is 9.86. The summed E-state index contributed by atoms with van der Waals surface area (Å²) in [5, 5.41) is 10.6. The van der Waals surface area contributed by atoms with E-state index in [-0.39, 0.29) is 0 Å². The number of aromatic nitrogens is 2. The first-order chi connectivity index (χ1) is 6.83. The van der Waals surface area contributed by atoms with Gasteiger partial charge in [-0.15, -0.1) is 5.10 Å². The molecule has 1 atom stereocenters. The van der Waals surface area contributed by atoms with E-state index in [1.54, 1.807) is 7.11 Å². The zero-order valence-electron chi connectivity index (χ0n) is 8.46. The van der Waals surface area contributed by atoms with Gasteiger partial charge in [-0.05, 0) is 6.92 Å². The molecule has 0 aromatic carbocycles. The molecule has 0 spiro atoms. The first-order valence-corrected chi connectivity index (χ1v) is 5.88. The van der Waals surface area contributed by atoms with Crippen molar-refractivity contribution in [1.29, 1.82) is 0 Å². The van der Waals surface area contributed by atoms with Gasteiger partial charge in [0, 0.05) is 29.8 Å². The molecule has 4 nitrogen and oxygen atoms in total. The highest BCUT2D eigenvalue weighted by Crippen LogP contribution is 2.29. The summed E-state index contributed by atoms with van der Waals surface area (Å²) in [5.41, 5.74) is 2.28. The Balaban J connectivity index is 2.23. The maximum Gasteiger partial charge on any atom is 0.237 e. The van der Waals surface area contributed by atoms with Crippen molar-refractivity contribution in [3.8, 4) is 5.88 Å². The van der Waals surface area contributed by atoms with Gasteiger partial charge in [-0.2, -0.15) is 11.8 Å². The summed E-state index contributed by atoms with van der Waals surface area (Å²) < 4.78 is 5.23. The average molecular weight is 213 g/mol. The summed E-state index contributed by atoms with van der Waals surface area (Å²) >= 11 is 1.97. The molecule has 1 unspecified atom stereocenters. The summed E-state index contributed by atoms with van der Waals surface area (Å²) in [6.45, 7) is 3.09. The summed E-state index contributed by atoms with van der Waals surface area (Å²) in [6.07, 6.45) is 0. The molecule has 1 aromatic rings. The first-order valence-electron chi connectivity index (χ1n) is 4.73. The third kappa shape index (κ3) is 1.74. The average Bonchev–Trinajstić information content (AvgIpc) is 2.61. The van der Waals surface area contributed by atoms with Gasteiger partial charge < -0.3 is 10.1 Å². The molecule has 1 aliphatic heterocycles. The summed E-state index contributed by atoms with van der Waals surface area (Å²) in [5.74, 6) is 3.01. The molecule has 0 aliphatic carbocycles. The Morgan fingerprint density at radius 1 is 1.57 bits per heavy atom. The van der Waals surface area contributed by atoms with E-state index in [1.165, 1.54) is 11.3 Å². The third-order valence-corrected chi connectivity index (χ3v) is 3.48. The van der Waals surface area contributed by atoms with Gasteiger partial charge in [-0.1, -0.05) is 0 Å². The maximum absolute atomic E-state index is 5.23. The Bertz CT molecular complexity index is 307. The van der Waals surface area contributed by atoms with E-state index in [2.05, 4.69) is 15.5 Å². The lowest BCUT2D eigenvalue weighted by Gasteiger charge is -2.23. The topological polar surface area (TPSA) is 49.9 Å². The Labute approximate surface area is 87.8 Å². The van der Waals surface area contributed by atoms with E-state index < -0.39 is 0 Å². The normalized spacial score (nSPS) is 22.3. The van der Waals surface area contributed by atoms with Crippen molar-refractivity contribution in [1.82, 2.24) is 15.5 Å². The second-order valence-electron chi connectivity index (χ2n) is 3.35. The Kier molecular flexibility index (Phi) is 2.98. The quantitative estimate of drug-likeness (QED) is 0.772. The van der Waals surface area contributed by atoms with Crippen LogP contribution in [0.1, 0.15) is 17.3 Å². The largest absolute Gasteiger partial charge is 0.480 e. The van der Waals surface area contributed by atoms with Crippen molar-refractivity contribution in [2.45, 2.75) is 13.0 Å².